The zero-order valence-corrected chi connectivity index (χ0v) is 10.5. The third-order valence-corrected chi connectivity index (χ3v) is 3.60. The van der Waals surface area contributed by atoms with E-state index in [4.69, 9.17) is 0 Å². The first-order chi connectivity index (χ1) is 9.86. The van der Waals surface area contributed by atoms with Gasteiger partial charge in [0.05, 0.1) is 16.7 Å². The Kier molecular flexibility index (Phi) is 2.55. The molecule has 1 N–H and O–H groups in total. The van der Waals surface area contributed by atoms with Crippen LogP contribution in [-0.2, 0) is 9.59 Å². The molecule has 1 spiro atoms. The van der Waals surface area contributed by atoms with Crippen LogP contribution in [0.4, 0.5) is 20.6 Å². The fourth-order valence-corrected chi connectivity index (χ4v) is 2.25. The zero-order chi connectivity index (χ0) is 15.4. The molecule has 4 amide bonds. The van der Waals surface area contributed by atoms with E-state index in [0.717, 1.165) is 12.1 Å². The topological polar surface area (TPSA) is 110 Å². The van der Waals surface area contributed by atoms with Crippen LogP contribution in [0.5, 0.6) is 0 Å². The van der Waals surface area contributed by atoms with Gasteiger partial charge in [0.15, 0.2) is 5.82 Å². The molecule has 0 radical (unpaired) electrons. The van der Waals surface area contributed by atoms with Gasteiger partial charge in [-0.3, -0.25) is 25.0 Å². The van der Waals surface area contributed by atoms with Gasteiger partial charge in [0.2, 0.25) is 5.91 Å². The van der Waals surface area contributed by atoms with Crippen LogP contribution >= 0.6 is 0 Å². The van der Waals surface area contributed by atoms with Crippen LogP contribution in [0.2, 0.25) is 0 Å². The Bertz CT molecular complexity index is 713. The van der Waals surface area contributed by atoms with Gasteiger partial charge in [-0.2, -0.15) is 0 Å². The first-order valence-corrected chi connectivity index (χ1v) is 6.01. The first-order valence-electron chi connectivity index (χ1n) is 6.01. The molecular weight excluding hydrogens is 285 g/mol. The minimum Gasteiger partial charge on any atom is -0.276 e. The van der Waals surface area contributed by atoms with Gasteiger partial charge in [-0.25, -0.2) is 14.1 Å². The summed E-state index contributed by atoms with van der Waals surface area (Å²) in [5.41, 5.74) is -2.22. The van der Waals surface area contributed by atoms with Gasteiger partial charge < -0.3 is 0 Å². The number of hydrogen-bond acceptors (Lipinski definition) is 5. The molecule has 2 fully saturated rings. The maximum absolute atomic E-state index is 13.9. The van der Waals surface area contributed by atoms with Crippen LogP contribution in [0, 0.1) is 21.3 Å². The predicted octanol–water partition coefficient (Wildman–Crippen LogP) is 1.10. The highest BCUT2D eigenvalue weighted by molar-refractivity contribution is 6.31. The molecule has 9 heteroatoms. The molecule has 0 atom stereocenters. The van der Waals surface area contributed by atoms with Crippen LogP contribution in [0.3, 0.4) is 0 Å². The Morgan fingerprint density at radius 2 is 1.95 bits per heavy atom. The molecule has 1 aromatic rings. The number of halogens is 1. The van der Waals surface area contributed by atoms with Crippen molar-refractivity contribution in [2.24, 2.45) is 5.41 Å². The molecule has 21 heavy (non-hydrogen) atoms. The van der Waals surface area contributed by atoms with E-state index in [0.29, 0.717) is 11.0 Å². The van der Waals surface area contributed by atoms with Crippen molar-refractivity contribution in [2.75, 3.05) is 4.90 Å². The number of benzene rings is 1. The van der Waals surface area contributed by atoms with E-state index >= 15 is 0 Å². The number of urea groups is 1. The van der Waals surface area contributed by atoms with Crippen molar-refractivity contribution < 1.29 is 23.7 Å². The third-order valence-electron chi connectivity index (χ3n) is 3.60. The van der Waals surface area contributed by atoms with Crippen molar-refractivity contribution in [1.29, 1.82) is 0 Å². The van der Waals surface area contributed by atoms with E-state index in [1.165, 1.54) is 0 Å². The van der Waals surface area contributed by atoms with Gasteiger partial charge >= 0.3 is 6.03 Å². The molecule has 0 unspecified atom stereocenters. The number of barbiturate groups is 1. The molecule has 2 aliphatic rings. The number of imide groups is 2. The number of anilines is 1. The molecule has 1 aromatic carbocycles. The number of hydrogen-bond donors (Lipinski definition) is 1. The average molecular weight is 293 g/mol. The SMILES string of the molecule is O=C1NC(=O)C2(CC2)C(=O)N1c1ccc([N+](=O)[O-])cc1F. The number of carbonyl (C=O) groups is 3. The maximum atomic E-state index is 13.9. The fraction of sp³-hybridized carbons (Fsp3) is 0.250. The monoisotopic (exact) mass is 293 g/mol. The minimum atomic E-state index is -1.30. The van der Waals surface area contributed by atoms with E-state index in [9.17, 15) is 28.9 Å². The average Bonchev–Trinajstić information content (AvgIpc) is 3.20. The van der Waals surface area contributed by atoms with Crippen LogP contribution in [0.15, 0.2) is 18.2 Å². The van der Waals surface area contributed by atoms with Crippen LogP contribution in [-0.4, -0.2) is 22.8 Å². The molecule has 1 aliphatic heterocycles. The second kappa shape index (κ2) is 4.08. The quantitative estimate of drug-likeness (QED) is 0.498. The van der Waals surface area contributed by atoms with Crippen molar-refractivity contribution in [1.82, 2.24) is 5.32 Å². The Morgan fingerprint density at radius 3 is 2.48 bits per heavy atom. The van der Waals surface area contributed by atoms with Gasteiger partial charge in [-0.1, -0.05) is 0 Å². The fourth-order valence-electron chi connectivity index (χ4n) is 2.25. The van der Waals surface area contributed by atoms with Crippen LogP contribution in [0.25, 0.3) is 0 Å². The summed E-state index contributed by atoms with van der Waals surface area (Å²) in [5.74, 6) is -2.57. The molecule has 8 nitrogen and oxygen atoms in total. The Hall–Kier alpha value is -2.84. The van der Waals surface area contributed by atoms with E-state index in [1.807, 2.05) is 5.32 Å². The highest BCUT2D eigenvalue weighted by Crippen LogP contribution is 2.49. The highest BCUT2D eigenvalue weighted by atomic mass is 19.1. The van der Waals surface area contributed by atoms with Crippen LogP contribution in [0.1, 0.15) is 12.8 Å². The number of non-ortho nitro benzene ring substituents is 1. The number of nitrogens with zero attached hydrogens (tertiary/aromatic N) is 2. The Morgan fingerprint density at radius 1 is 1.29 bits per heavy atom. The Balaban J connectivity index is 2.03. The lowest BCUT2D eigenvalue weighted by Gasteiger charge is -2.30. The lowest BCUT2D eigenvalue weighted by molar-refractivity contribution is -0.385. The second-order valence-corrected chi connectivity index (χ2v) is 4.87. The van der Waals surface area contributed by atoms with Crippen molar-refractivity contribution in [3.8, 4) is 0 Å². The second-order valence-electron chi connectivity index (χ2n) is 4.87. The summed E-state index contributed by atoms with van der Waals surface area (Å²) in [4.78, 5) is 45.9. The Labute approximate surface area is 116 Å². The smallest absolute Gasteiger partial charge is 0.276 e. The van der Waals surface area contributed by atoms with Crippen molar-refractivity contribution >= 4 is 29.2 Å². The van der Waals surface area contributed by atoms with Crippen LogP contribution < -0.4 is 10.2 Å². The summed E-state index contributed by atoms with van der Waals surface area (Å²) in [6.07, 6.45) is 0.575. The number of carbonyl (C=O) groups excluding carboxylic acids is 3. The maximum Gasteiger partial charge on any atom is 0.335 e. The molecule has 108 valence electrons. The van der Waals surface area contributed by atoms with Gasteiger partial charge in [0.1, 0.15) is 5.41 Å². The van der Waals surface area contributed by atoms with Gasteiger partial charge in [0, 0.05) is 6.07 Å². The number of amides is 4. The van der Waals surface area contributed by atoms with E-state index in [1.54, 1.807) is 0 Å². The van der Waals surface area contributed by atoms with E-state index in [-0.39, 0.29) is 12.8 Å². The molecule has 1 aliphatic carbocycles. The number of nitro groups is 1. The third kappa shape index (κ3) is 1.77. The summed E-state index contributed by atoms with van der Waals surface area (Å²) in [6, 6.07) is 1.51. The largest absolute Gasteiger partial charge is 0.335 e. The molecule has 0 bridgehead atoms. The summed E-state index contributed by atoms with van der Waals surface area (Å²) < 4.78 is 13.9. The molecule has 1 saturated carbocycles. The summed E-state index contributed by atoms with van der Waals surface area (Å²) in [6.45, 7) is 0. The molecular formula is C12H8FN3O5. The van der Waals surface area contributed by atoms with Gasteiger partial charge in [0.25, 0.3) is 11.6 Å². The van der Waals surface area contributed by atoms with Crippen molar-refractivity contribution in [2.45, 2.75) is 12.8 Å². The normalized spacial score (nSPS) is 19.7. The van der Waals surface area contributed by atoms with Gasteiger partial charge in [-0.05, 0) is 18.9 Å². The van der Waals surface area contributed by atoms with Gasteiger partial charge in [-0.15, -0.1) is 0 Å². The zero-order valence-electron chi connectivity index (χ0n) is 10.5. The number of nitro benzene ring substituents is 1. The first kappa shape index (κ1) is 13.2. The molecule has 1 saturated heterocycles. The van der Waals surface area contributed by atoms with Crippen molar-refractivity contribution in [3.63, 3.8) is 0 Å². The van der Waals surface area contributed by atoms with E-state index in [2.05, 4.69) is 0 Å². The lowest BCUT2D eigenvalue weighted by Crippen LogP contribution is -2.59. The number of rotatable bonds is 2. The standard InChI is InChI=1S/C12H8FN3O5/c13-7-5-6(16(20)21)1-2-8(7)15-10(18)12(3-4-12)9(17)14-11(15)19/h1-2,5H,3-4H2,(H,14,17,19). The molecule has 0 aromatic heterocycles. The lowest BCUT2D eigenvalue weighted by atomic mass is 10.0. The van der Waals surface area contributed by atoms with Crippen molar-refractivity contribution in [3.05, 3.63) is 34.1 Å². The minimum absolute atomic E-state index is 0.288. The molecule has 3 rings (SSSR count). The summed E-state index contributed by atoms with van der Waals surface area (Å²) in [5, 5.41) is 12.6. The molecule has 1 heterocycles. The summed E-state index contributed by atoms with van der Waals surface area (Å²) >= 11 is 0. The predicted molar refractivity (Wildman–Crippen MR) is 65.7 cm³/mol. The highest BCUT2D eigenvalue weighted by Gasteiger charge is 2.62. The van der Waals surface area contributed by atoms with E-state index < -0.39 is 45.4 Å². The number of nitrogens with one attached hydrogen (secondary N) is 1. The summed E-state index contributed by atoms with van der Waals surface area (Å²) in [7, 11) is 0.